The molecule has 6 nitrogen and oxygen atoms in total. The second-order valence-electron chi connectivity index (χ2n) is 5.21. The van der Waals surface area contributed by atoms with Gasteiger partial charge in [-0.25, -0.2) is 0 Å². The number of hydrogen-bond acceptors (Lipinski definition) is 6. The summed E-state index contributed by atoms with van der Waals surface area (Å²) in [5, 5.41) is 11.6. The Labute approximate surface area is 152 Å². The number of halogens is 1. The molecular weight excluding hydrogens is 368 g/mol. The first kappa shape index (κ1) is 17.2. The average molecular weight is 383 g/mol. The van der Waals surface area contributed by atoms with Crippen molar-refractivity contribution < 1.29 is 9.59 Å². The van der Waals surface area contributed by atoms with E-state index < -0.39 is 0 Å². The molecule has 0 atom stereocenters. The smallest absolute Gasteiger partial charge is 0.257 e. The van der Waals surface area contributed by atoms with E-state index in [9.17, 15) is 9.59 Å². The number of amides is 2. The molecule has 0 spiro atoms. The molecule has 2 amide bonds. The van der Waals surface area contributed by atoms with Crippen molar-refractivity contribution >= 4 is 51.6 Å². The Bertz CT molecular complexity index is 729. The van der Waals surface area contributed by atoms with E-state index in [-0.39, 0.29) is 11.8 Å². The van der Waals surface area contributed by atoms with Crippen LogP contribution >= 0.6 is 34.7 Å². The Balaban J connectivity index is 1.52. The lowest BCUT2D eigenvalue weighted by molar-refractivity contribution is -0.127. The molecule has 24 heavy (non-hydrogen) atoms. The number of carbonyl (C=O) groups is 2. The molecule has 9 heteroatoms. The van der Waals surface area contributed by atoms with E-state index in [1.165, 1.54) is 23.1 Å². The van der Waals surface area contributed by atoms with Crippen molar-refractivity contribution in [3.8, 4) is 0 Å². The third kappa shape index (κ3) is 4.46. The largest absolute Gasteiger partial charge is 0.342 e. The van der Waals surface area contributed by atoms with Crippen LogP contribution in [0, 0.1) is 0 Å². The summed E-state index contributed by atoms with van der Waals surface area (Å²) in [6.07, 6.45) is 2.16. The lowest BCUT2D eigenvalue weighted by Gasteiger charge is -2.13. The average Bonchev–Trinajstić information content (AvgIpc) is 3.25. The fraction of sp³-hybridized carbons (Fsp3) is 0.333. The summed E-state index contributed by atoms with van der Waals surface area (Å²) in [7, 11) is 0. The highest BCUT2D eigenvalue weighted by Gasteiger charge is 2.18. The Hall–Kier alpha value is -1.64. The van der Waals surface area contributed by atoms with Gasteiger partial charge in [-0.2, -0.15) is 0 Å². The van der Waals surface area contributed by atoms with Gasteiger partial charge in [-0.15, -0.1) is 10.2 Å². The first-order valence-electron chi connectivity index (χ1n) is 7.43. The number of rotatable bonds is 5. The van der Waals surface area contributed by atoms with Gasteiger partial charge in [-0.05, 0) is 37.1 Å². The van der Waals surface area contributed by atoms with Crippen LogP contribution in [-0.2, 0) is 4.79 Å². The normalized spacial score (nSPS) is 14.0. The molecular formula is C15H15ClN4O2S2. The van der Waals surface area contributed by atoms with Crippen LogP contribution < -0.4 is 5.32 Å². The molecule has 0 radical (unpaired) electrons. The summed E-state index contributed by atoms with van der Waals surface area (Å²) in [6, 6.07) is 6.59. The molecule has 0 bridgehead atoms. The highest BCUT2D eigenvalue weighted by atomic mass is 35.5. The zero-order valence-corrected chi connectivity index (χ0v) is 15.1. The van der Waals surface area contributed by atoms with Crippen molar-refractivity contribution in [2.75, 3.05) is 24.2 Å². The Morgan fingerprint density at radius 3 is 2.62 bits per heavy atom. The van der Waals surface area contributed by atoms with Gasteiger partial charge in [0.25, 0.3) is 5.91 Å². The maximum Gasteiger partial charge on any atom is 0.257 e. The van der Waals surface area contributed by atoms with Gasteiger partial charge < -0.3 is 4.90 Å². The molecule has 0 aliphatic carbocycles. The van der Waals surface area contributed by atoms with E-state index >= 15 is 0 Å². The monoisotopic (exact) mass is 382 g/mol. The summed E-state index contributed by atoms with van der Waals surface area (Å²) in [5.74, 6) is 0.201. The summed E-state index contributed by atoms with van der Waals surface area (Å²) in [5.41, 5.74) is 0.494. The SMILES string of the molecule is O=C(Nc1nnc(SCC(=O)N2CCCC2)s1)c1ccc(Cl)cc1. The first-order valence-corrected chi connectivity index (χ1v) is 9.61. The van der Waals surface area contributed by atoms with Gasteiger partial charge in [-0.1, -0.05) is 34.7 Å². The Morgan fingerprint density at radius 1 is 1.21 bits per heavy atom. The molecule has 1 aromatic heterocycles. The third-order valence-electron chi connectivity index (χ3n) is 3.51. The van der Waals surface area contributed by atoms with E-state index in [1.54, 1.807) is 24.3 Å². The minimum absolute atomic E-state index is 0.124. The molecule has 0 saturated carbocycles. The molecule has 126 valence electrons. The fourth-order valence-corrected chi connectivity index (χ4v) is 4.05. The Kier molecular flexibility index (Phi) is 5.70. The van der Waals surface area contributed by atoms with Crippen LogP contribution in [0.4, 0.5) is 5.13 Å². The summed E-state index contributed by atoms with van der Waals surface area (Å²) >= 11 is 8.40. The van der Waals surface area contributed by atoms with Crippen molar-refractivity contribution in [1.82, 2.24) is 15.1 Å². The van der Waals surface area contributed by atoms with E-state index in [0.29, 0.717) is 25.8 Å². The highest BCUT2D eigenvalue weighted by Crippen LogP contribution is 2.26. The quantitative estimate of drug-likeness (QED) is 0.635. The zero-order valence-electron chi connectivity index (χ0n) is 12.7. The summed E-state index contributed by atoms with van der Waals surface area (Å²) < 4.78 is 0.661. The minimum atomic E-state index is -0.271. The molecule has 1 fully saturated rings. The number of benzene rings is 1. The minimum Gasteiger partial charge on any atom is -0.342 e. The second-order valence-corrected chi connectivity index (χ2v) is 7.85. The van der Waals surface area contributed by atoms with Crippen LogP contribution in [0.5, 0.6) is 0 Å². The van der Waals surface area contributed by atoms with Gasteiger partial charge in [0.1, 0.15) is 0 Å². The lowest BCUT2D eigenvalue weighted by Crippen LogP contribution is -2.29. The molecule has 1 N–H and O–H groups in total. The number of nitrogens with zero attached hydrogens (tertiary/aromatic N) is 3. The maximum atomic E-state index is 12.1. The van der Waals surface area contributed by atoms with Gasteiger partial charge in [0, 0.05) is 23.7 Å². The van der Waals surface area contributed by atoms with Crippen LogP contribution in [0.15, 0.2) is 28.6 Å². The molecule has 3 rings (SSSR count). The van der Waals surface area contributed by atoms with Gasteiger partial charge >= 0.3 is 0 Å². The second kappa shape index (κ2) is 7.96. The van der Waals surface area contributed by atoms with Crippen LogP contribution in [0.1, 0.15) is 23.2 Å². The fourth-order valence-electron chi connectivity index (χ4n) is 2.27. The van der Waals surface area contributed by atoms with Crippen molar-refractivity contribution in [3.05, 3.63) is 34.9 Å². The zero-order chi connectivity index (χ0) is 16.9. The number of nitrogens with one attached hydrogen (secondary N) is 1. The predicted octanol–water partition coefficient (Wildman–Crippen LogP) is 3.16. The number of thioether (sulfide) groups is 1. The van der Waals surface area contributed by atoms with Gasteiger partial charge in [-0.3, -0.25) is 14.9 Å². The van der Waals surface area contributed by atoms with E-state index in [1.807, 2.05) is 4.90 Å². The van der Waals surface area contributed by atoms with Gasteiger partial charge in [0.15, 0.2) is 4.34 Å². The number of anilines is 1. The number of hydrogen-bond donors (Lipinski definition) is 1. The third-order valence-corrected chi connectivity index (χ3v) is 5.72. The standard InChI is InChI=1S/C15H15ClN4O2S2/c16-11-5-3-10(4-6-11)13(22)17-14-18-19-15(24-14)23-9-12(21)20-7-1-2-8-20/h3-6H,1-2,7-9H2,(H,17,18,22). The lowest BCUT2D eigenvalue weighted by atomic mass is 10.2. The van der Waals surface area contributed by atoms with E-state index in [4.69, 9.17) is 11.6 Å². The maximum absolute atomic E-state index is 12.1. The van der Waals surface area contributed by atoms with Crippen LogP contribution in [0.3, 0.4) is 0 Å². The molecule has 1 aromatic carbocycles. The number of carbonyl (C=O) groups excluding carboxylic acids is 2. The van der Waals surface area contributed by atoms with Crippen molar-refractivity contribution in [2.24, 2.45) is 0 Å². The molecule has 2 heterocycles. The van der Waals surface area contributed by atoms with E-state index in [0.717, 1.165) is 25.9 Å². The molecule has 1 aliphatic heterocycles. The predicted molar refractivity (Wildman–Crippen MR) is 95.9 cm³/mol. The highest BCUT2D eigenvalue weighted by molar-refractivity contribution is 8.01. The summed E-state index contributed by atoms with van der Waals surface area (Å²) in [6.45, 7) is 1.69. The van der Waals surface area contributed by atoms with Crippen molar-refractivity contribution in [3.63, 3.8) is 0 Å². The molecule has 1 saturated heterocycles. The van der Waals surface area contributed by atoms with Gasteiger partial charge in [0.2, 0.25) is 11.0 Å². The molecule has 1 aliphatic rings. The van der Waals surface area contributed by atoms with Gasteiger partial charge in [0.05, 0.1) is 5.75 Å². The topological polar surface area (TPSA) is 75.2 Å². The molecule has 0 unspecified atom stereocenters. The number of aromatic nitrogens is 2. The summed E-state index contributed by atoms with van der Waals surface area (Å²) in [4.78, 5) is 26.0. The molecule has 2 aromatic rings. The van der Waals surface area contributed by atoms with Crippen LogP contribution in [0.25, 0.3) is 0 Å². The van der Waals surface area contributed by atoms with Crippen LogP contribution in [-0.4, -0.2) is 45.8 Å². The number of likely N-dealkylation sites (tertiary alicyclic amines) is 1. The van der Waals surface area contributed by atoms with Crippen LogP contribution in [0.2, 0.25) is 5.02 Å². The Morgan fingerprint density at radius 2 is 1.92 bits per heavy atom. The van der Waals surface area contributed by atoms with Crippen molar-refractivity contribution in [2.45, 2.75) is 17.2 Å². The van der Waals surface area contributed by atoms with E-state index in [2.05, 4.69) is 15.5 Å². The first-order chi connectivity index (χ1) is 11.6. The van der Waals surface area contributed by atoms with Crippen molar-refractivity contribution in [1.29, 1.82) is 0 Å².